The largest absolute Gasteiger partial charge is 0.380 e. The Labute approximate surface area is 50.2 Å². The molecule has 2 heteroatoms. The third-order valence-corrected chi connectivity index (χ3v) is 0.914. The van der Waals surface area contributed by atoms with E-state index in [0.717, 1.165) is 12.1 Å². The predicted molar refractivity (Wildman–Crippen MR) is 36.4 cm³/mol. The maximum absolute atomic E-state index is 3.94. The molecule has 42 valence electrons. The molecule has 0 radical (unpaired) electrons. The lowest BCUT2D eigenvalue weighted by atomic mass is 10.4. The van der Waals surface area contributed by atoms with E-state index in [0.29, 0.717) is 5.88 Å². The number of hydrogen-bond acceptors (Lipinski definition) is 2. The average molecular weight is 117 g/mol. The van der Waals surface area contributed by atoms with Crippen LogP contribution in [0.25, 0.3) is 0 Å². The third kappa shape index (κ3) is 3.73. The summed E-state index contributed by atoms with van der Waals surface area (Å²) in [6.07, 6.45) is 0.987. The zero-order chi connectivity index (χ0) is 5.70. The van der Waals surface area contributed by atoms with Crippen LogP contribution in [0.2, 0.25) is 0 Å². The molecule has 0 aromatic heterocycles. The van der Waals surface area contributed by atoms with Gasteiger partial charge in [-0.3, -0.25) is 0 Å². The highest BCUT2D eigenvalue weighted by molar-refractivity contribution is 7.80. The summed E-state index contributed by atoms with van der Waals surface area (Å²) in [5.74, 6) is 0.687. The van der Waals surface area contributed by atoms with E-state index >= 15 is 0 Å². The molecule has 0 fully saturated rings. The molecular formula is C5H11NS. The number of hydrogen-bond donors (Lipinski definition) is 2. The molecule has 0 aromatic carbocycles. The summed E-state index contributed by atoms with van der Waals surface area (Å²) >= 11 is 3.94. The van der Waals surface area contributed by atoms with Gasteiger partial charge in [-0.2, -0.15) is 12.6 Å². The van der Waals surface area contributed by atoms with Crippen LogP contribution in [0.15, 0.2) is 12.3 Å². The molecule has 0 aliphatic carbocycles. The number of rotatable bonds is 3. The Hall–Kier alpha value is -0.110. The molecule has 0 aromatic rings. The number of thiol groups is 1. The van der Waals surface area contributed by atoms with E-state index in [1.165, 1.54) is 0 Å². The Kier molecular flexibility index (Phi) is 4.00. The van der Waals surface area contributed by atoms with Crippen LogP contribution in [0, 0.1) is 0 Å². The Morgan fingerprint density at radius 1 is 1.86 bits per heavy atom. The van der Waals surface area contributed by atoms with Crippen molar-refractivity contribution in [1.82, 2.24) is 5.32 Å². The van der Waals surface area contributed by atoms with E-state index in [4.69, 9.17) is 0 Å². The van der Waals surface area contributed by atoms with E-state index in [1.807, 2.05) is 0 Å². The van der Waals surface area contributed by atoms with Crippen molar-refractivity contribution < 1.29 is 0 Å². The van der Waals surface area contributed by atoms with Crippen molar-refractivity contribution >= 4 is 12.6 Å². The monoisotopic (exact) mass is 117 g/mol. The normalized spacial score (nSPS) is 8.29. The van der Waals surface area contributed by atoms with Crippen molar-refractivity contribution in [2.24, 2.45) is 0 Å². The van der Waals surface area contributed by atoms with Gasteiger partial charge in [0.15, 0.2) is 0 Å². The van der Waals surface area contributed by atoms with Gasteiger partial charge in [-0.05, 0) is 6.42 Å². The van der Waals surface area contributed by atoms with Gasteiger partial charge in [0.25, 0.3) is 0 Å². The smallest absolute Gasteiger partial charge is 0.0578 e. The predicted octanol–water partition coefficient (Wildman–Crippen LogP) is 1.39. The van der Waals surface area contributed by atoms with Crippen LogP contribution in [0.1, 0.15) is 13.3 Å². The maximum atomic E-state index is 3.94. The Balaban J connectivity index is 3.00. The molecule has 0 aliphatic rings. The molecule has 0 saturated carbocycles. The van der Waals surface area contributed by atoms with Gasteiger partial charge in [-0.1, -0.05) is 13.5 Å². The molecule has 0 heterocycles. The van der Waals surface area contributed by atoms with Gasteiger partial charge in [-0.15, -0.1) is 0 Å². The van der Waals surface area contributed by atoms with Gasteiger partial charge >= 0.3 is 0 Å². The third-order valence-electron chi connectivity index (χ3n) is 0.756. The molecule has 0 spiro atoms. The Morgan fingerprint density at radius 3 is 2.57 bits per heavy atom. The van der Waals surface area contributed by atoms with Gasteiger partial charge in [0.1, 0.15) is 0 Å². The fourth-order valence-electron chi connectivity index (χ4n) is 0.237. The van der Waals surface area contributed by atoms with Crippen molar-refractivity contribution in [3.63, 3.8) is 0 Å². The standard InChI is InChI=1S/C5H11NS/c1-3-5(2)6-4-7/h6-7H,2-4H2,1H3. The van der Waals surface area contributed by atoms with Crippen LogP contribution < -0.4 is 5.32 Å². The molecule has 0 saturated heterocycles. The van der Waals surface area contributed by atoms with E-state index in [1.54, 1.807) is 0 Å². The highest BCUT2D eigenvalue weighted by Crippen LogP contribution is 1.88. The summed E-state index contributed by atoms with van der Waals surface area (Å²) in [6.45, 7) is 5.76. The number of allylic oxidation sites excluding steroid dienone is 1. The average Bonchev–Trinajstić information content (AvgIpc) is 1.68. The summed E-state index contributed by atoms with van der Waals surface area (Å²) in [6, 6.07) is 0. The topological polar surface area (TPSA) is 12.0 Å². The summed E-state index contributed by atoms with van der Waals surface area (Å²) in [7, 11) is 0. The second kappa shape index (κ2) is 4.06. The quantitative estimate of drug-likeness (QED) is 0.420. The van der Waals surface area contributed by atoms with Crippen LogP contribution in [0.4, 0.5) is 0 Å². The maximum Gasteiger partial charge on any atom is 0.0578 e. The van der Waals surface area contributed by atoms with Gasteiger partial charge in [0.2, 0.25) is 0 Å². The van der Waals surface area contributed by atoms with E-state index in [2.05, 4.69) is 31.4 Å². The highest BCUT2D eigenvalue weighted by atomic mass is 32.1. The summed E-state index contributed by atoms with van der Waals surface area (Å²) in [5.41, 5.74) is 1.05. The molecule has 7 heavy (non-hydrogen) atoms. The zero-order valence-corrected chi connectivity index (χ0v) is 5.46. The van der Waals surface area contributed by atoms with Gasteiger partial charge in [0.05, 0.1) is 5.88 Å². The van der Waals surface area contributed by atoms with Crippen LogP contribution in [-0.2, 0) is 0 Å². The first-order valence-electron chi connectivity index (χ1n) is 2.33. The highest BCUT2D eigenvalue weighted by Gasteiger charge is 1.80. The second-order valence-corrected chi connectivity index (χ2v) is 1.61. The van der Waals surface area contributed by atoms with Crippen molar-refractivity contribution in [3.8, 4) is 0 Å². The molecule has 0 rings (SSSR count). The second-order valence-electron chi connectivity index (χ2n) is 1.29. The molecule has 1 nitrogen and oxygen atoms in total. The summed E-state index contributed by atoms with van der Waals surface area (Å²) in [5, 5.41) is 2.96. The lowest BCUT2D eigenvalue weighted by Crippen LogP contribution is -2.07. The zero-order valence-electron chi connectivity index (χ0n) is 4.57. The lowest BCUT2D eigenvalue weighted by Gasteiger charge is -1.99. The van der Waals surface area contributed by atoms with Crippen LogP contribution in [-0.4, -0.2) is 5.88 Å². The lowest BCUT2D eigenvalue weighted by molar-refractivity contribution is 0.890. The fraction of sp³-hybridized carbons (Fsp3) is 0.600. The molecule has 1 N–H and O–H groups in total. The first-order valence-corrected chi connectivity index (χ1v) is 2.97. The minimum Gasteiger partial charge on any atom is -0.380 e. The Bertz CT molecular complexity index is 61.1. The van der Waals surface area contributed by atoms with Crippen molar-refractivity contribution in [2.45, 2.75) is 13.3 Å². The first-order chi connectivity index (χ1) is 3.31. The molecule has 0 amide bonds. The van der Waals surface area contributed by atoms with Gasteiger partial charge in [-0.25, -0.2) is 0 Å². The van der Waals surface area contributed by atoms with E-state index < -0.39 is 0 Å². The van der Waals surface area contributed by atoms with Crippen molar-refractivity contribution in [2.75, 3.05) is 5.88 Å². The SMILES string of the molecule is C=C(CC)NCS. The van der Waals surface area contributed by atoms with Crippen LogP contribution in [0.3, 0.4) is 0 Å². The van der Waals surface area contributed by atoms with Crippen LogP contribution in [0.5, 0.6) is 0 Å². The van der Waals surface area contributed by atoms with Crippen LogP contribution >= 0.6 is 12.6 Å². The molecule has 0 atom stereocenters. The van der Waals surface area contributed by atoms with E-state index in [9.17, 15) is 0 Å². The molecular weight excluding hydrogens is 106 g/mol. The van der Waals surface area contributed by atoms with Crippen molar-refractivity contribution in [3.05, 3.63) is 12.3 Å². The molecule has 0 aliphatic heterocycles. The molecule has 0 unspecified atom stereocenters. The van der Waals surface area contributed by atoms with Gasteiger partial charge < -0.3 is 5.32 Å². The minimum atomic E-state index is 0.687. The van der Waals surface area contributed by atoms with Crippen molar-refractivity contribution in [1.29, 1.82) is 0 Å². The summed E-state index contributed by atoms with van der Waals surface area (Å²) < 4.78 is 0. The fourth-order valence-corrected chi connectivity index (χ4v) is 0.460. The minimum absolute atomic E-state index is 0.687. The van der Waals surface area contributed by atoms with Gasteiger partial charge in [0, 0.05) is 5.70 Å². The summed E-state index contributed by atoms with van der Waals surface area (Å²) in [4.78, 5) is 0. The van der Waals surface area contributed by atoms with E-state index in [-0.39, 0.29) is 0 Å². The first kappa shape index (κ1) is 6.89. The number of nitrogens with one attached hydrogen (secondary N) is 1. The Morgan fingerprint density at radius 2 is 2.43 bits per heavy atom. The molecule has 0 bridgehead atoms.